The van der Waals surface area contributed by atoms with E-state index < -0.39 is 0 Å². The summed E-state index contributed by atoms with van der Waals surface area (Å²) >= 11 is 0. The first kappa shape index (κ1) is 17.8. The maximum atomic E-state index is 13.1. The molecule has 0 saturated carbocycles. The Balaban J connectivity index is 2.53. The molecule has 0 unspecified atom stereocenters. The summed E-state index contributed by atoms with van der Waals surface area (Å²) in [6.07, 6.45) is 2.42. The molecule has 0 aromatic carbocycles. The number of pyridine rings is 2. The van der Waals surface area contributed by atoms with Crippen molar-refractivity contribution in [2.75, 3.05) is 6.54 Å². The SMILES string of the molecule is CCNC(=O)c1cc2c(=O)n3cccc(C)c3nc2n([C@H](C)CC)c1=N. The fraction of sp³-hybridized carbons (Fsp3) is 0.368. The first-order valence-corrected chi connectivity index (χ1v) is 8.80. The number of aromatic nitrogens is 3. The van der Waals surface area contributed by atoms with Gasteiger partial charge in [0.25, 0.3) is 11.5 Å². The lowest BCUT2D eigenvalue weighted by Gasteiger charge is -2.19. The zero-order chi connectivity index (χ0) is 19.0. The first-order chi connectivity index (χ1) is 12.4. The lowest BCUT2D eigenvalue weighted by molar-refractivity contribution is 0.0953. The Kier molecular flexibility index (Phi) is 4.63. The summed E-state index contributed by atoms with van der Waals surface area (Å²) in [6.45, 7) is 8.12. The van der Waals surface area contributed by atoms with E-state index in [9.17, 15) is 9.59 Å². The summed E-state index contributed by atoms with van der Waals surface area (Å²) in [5.74, 6) is -0.356. The van der Waals surface area contributed by atoms with Crippen LogP contribution in [0.25, 0.3) is 16.7 Å². The van der Waals surface area contributed by atoms with Gasteiger partial charge in [0.05, 0.1) is 10.9 Å². The standard InChI is InChI=1S/C19H23N5O2/c1-5-12(4)24-15(20)13(18(25)21-6-2)10-14-17(24)22-16-11(3)8-7-9-23(16)19(14)26/h7-10,12,20H,5-6H2,1-4H3,(H,21,25)/t12-/m1/s1. The predicted octanol–water partition coefficient (Wildman–Crippen LogP) is 2.16. The van der Waals surface area contributed by atoms with Crippen LogP contribution in [-0.4, -0.2) is 26.4 Å². The van der Waals surface area contributed by atoms with Gasteiger partial charge in [-0.3, -0.25) is 19.4 Å². The molecule has 1 amide bonds. The summed E-state index contributed by atoms with van der Waals surface area (Å²) in [5.41, 5.74) is 1.90. The van der Waals surface area contributed by atoms with Crippen molar-refractivity contribution < 1.29 is 4.79 Å². The van der Waals surface area contributed by atoms with Crippen molar-refractivity contribution in [3.63, 3.8) is 0 Å². The highest BCUT2D eigenvalue weighted by Crippen LogP contribution is 2.17. The quantitative estimate of drug-likeness (QED) is 0.704. The van der Waals surface area contributed by atoms with E-state index in [2.05, 4.69) is 10.3 Å². The summed E-state index contributed by atoms with van der Waals surface area (Å²) in [6, 6.07) is 5.11. The zero-order valence-corrected chi connectivity index (χ0v) is 15.5. The third-order valence-corrected chi connectivity index (χ3v) is 4.69. The Morgan fingerprint density at radius 3 is 2.73 bits per heavy atom. The second kappa shape index (κ2) is 6.74. The number of nitrogens with zero attached hydrogens (tertiary/aromatic N) is 3. The van der Waals surface area contributed by atoms with Crippen molar-refractivity contribution in [1.82, 2.24) is 19.3 Å². The summed E-state index contributed by atoms with van der Waals surface area (Å²) in [5, 5.41) is 11.6. The zero-order valence-electron chi connectivity index (χ0n) is 15.5. The van der Waals surface area contributed by atoms with Gasteiger partial charge in [0.1, 0.15) is 16.8 Å². The number of rotatable bonds is 4. The molecule has 0 bridgehead atoms. The normalized spacial score (nSPS) is 12.5. The minimum atomic E-state index is -0.356. The Labute approximate surface area is 150 Å². The number of hydrogen-bond donors (Lipinski definition) is 2. The second-order valence-corrected chi connectivity index (χ2v) is 6.43. The lowest BCUT2D eigenvalue weighted by atomic mass is 10.1. The van der Waals surface area contributed by atoms with E-state index in [1.807, 2.05) is 33.8 Å². The Bertz CT molecular complexity index is 1130. The average Bonchev–Trinajstić information content (AvgIpc) is 2.62. The van der Waals surface area contributed by atoms with Crippen molar-refractivity contribution in [3.8, 4) is 0 Å². The van der Waals surface area contributed by atoms with Gasteiger partial charge in [-0.1, -0.05) is 13.0 Å². The molecule has 3 rings (SSSR count). The maximum Gasteiger partial charge on any atom is 0.267 e. The number of carbonyl (C=O) groups excluding carboxylic acids is 1. The fourth-order valence-corrected chi connectivity index (χ4v) is 3.10. The number of hydrogen-bond acceptors (Lipinski definition) is 4. The Morgan fingerprint density at radius 1 is 1.35 bits per heavy atom. The molecule has 0 radical (unpaired) electrons. The third-order valence-electron chi connectivity index (χ3n) is 4.69. The molecule has 3 aromatic rings. The molecule has 0 aliphatic heterocycles. The van der Waals surface area contributed by atoms with Crippen LogP contribution in [0.1, 0.15) is 49.2 Å². The topological polar surface area (TPSA) is 92.2 Å². The van der Waals surface area contributed by atoms with E-state index in [1.165, 1.54) is 10.5 Å². The molecule has 3 aromatic heterocycles. The van der Waals surface area contributed by atoms with Gasteiger partial charge in [0.2, 0.25) is 0 Å². The molecule has 7 heteroatoms. The number of fused-ring (bicyclic) bond motifs is 2. The molecular weight excluding hydrogens is 330 g/mol. The van der Waals surface area contributed by atoms with Crippen molar-refractivity contribution >= 4 is 22.6 Å². The molecule has 136 valence electrons. The molecule has 0 aliphatic carbocycles. The van der Waals surface area contributed by atoms with Gasteiger partial charge in [-0.2, -0.15) is 0 Å². The van der Waals surface area contributed by atoms with Gasteiger partial charge in [-0.05, 0) is 44.9 Å². The van der Waals surface area contributed by atoms with Crippen LogP contribution in [0, 0.1) is 12.3 Å². The van der Waals surface area contributed by atoms with Crippen molar-refractivity contribution in [1.29, 1.82) is 5.41 Å². The predicted molar refractivity (Wildman–Crippen MR) is 101 cm³/mol. The third kappa shape index (κ3) is 2.69. The molecule has 26 heavy (non-hydrogen) atoms. The van der Waals surface area contributed by atoms with Crippen LogP contribution >= 0.6 is 0 Å². The van der Waals surface area contributed by atoms with Crippen molar-refractivity contribution in [3.05, 3.63) is 51.4 Å². The first-order valence-electron chi connectivity index (χ1n) is 8.80. The highest BCUT2D eigenvalue weighted by molar-refractivity contribution is 5.96. The van der Waals surface area contributed by atoms with Crippen LogP contribution in [0.4, 0.5) is 0 Å². The molecular formula is C19H23N5O2. The van der Waals surface area contributed by atoms with E-state index in [0.29, 0.717) is 23.2 Å². The fourth-order valence-electron chi connectivity index (χ4n) is 3.10. The van der Waals surface area contributed by atoms with E-state index in [4.69, 9.17) is 5.41 Å². The Morgan fingerprint density at radius 2 is 2.08 bits per heavy atom. The molecule has 7 nitrogen and oxygen atoms in total. The number of amides is 1. The van der Waals surface area contributed by atoms with E-state index >= 15 is 0 Å². The van der Waals surface area contributed by atoms with E-state index in [1.54, 1.807) is 16.8 Å². The molecule has 1 atom stereocenters. The summed E-state index contributed by atoms with van der Waals surface area (Å²) < 4.78 is 3.18. The van der Waals surface area contributed by atoms with Gasteiger partial charge in [-0.15, -0.1) is 0 Å². The minimum Gasteiger partial charge on any atom is -0.352 e. The average molecular weight is 353 g/mol. The lowest BCUT2D eigenvalue weighted by Crippen LogP contribution is -2.36. The molecule has 0 aliphatic rings. The van der Waals surface area contributed by atoms with Crippen molar-refractivity contribution in [2.24, 2.45) is 0 Å². The van der Waals surface area contributed by atoms with Crippen LogP contribution in [0.5, 0.6) is 0 Å². The monoisotopic (exact) mass is 353 g/mol. The number of aryl methyl sites for hydroxylation is 1. The molecule has 0 saturated heterocycles. The minimum absolute atomic E-state index is 0.0715. The second-order valence-electron chi connectivity index (χ2n) is 6.43. The van der Waals surface area contributed by atoms with Crippen LogP contribution in [0.3, 0.4) is 0 Å². The van der Waals surface area contributed by atoms with Gasteiger partial charge >= 0.3 is 0 Å². The van der Waals surface area contributed by atoms with Crippen LogP contribution in [0.2, 0.25) is 0 Å². The largest absolute Gasteiger partial charge is 0.352 e. The van der Waals surface area contributed by atoms with Crippen molar-refractivity contribution in [2.45, 2.75) is 40.2 Å². The van der Waals surface area contributed by atoms with Gasteiger partial charge in [-0.25, -0.2) is 4.98 Å². The van der Waals surface area contributed by atoms with Crippen LogP contribution in [-0.2, 0) is 0 Å². The van der Waals surface area contributed by atoms with Crippen LogP contribution in [0.15, 0.2) is 29.2 Å². The smallest absolute Gasteiger partial charge is 0.267 e. The van der Waals surface area contributed by atoms with Gasteiger partial charge < -0.3 is 9.88 Å². The molecule has 0 fully saturated rings. The van der Waals surface area contributed by atoms with Gasteiger partial charge in [0, 0.05) is 18.8 Å². The molecule has 2 N–H and O–H groups in total. The van der Waals surface area contributed by atoms with E-state index in [0.717, 1.165) is 12.0 Å². The van der Waals surface area contributed by atoms with E-state index in [-0.39, 0.29) is 28.6 Å². The molecule has 3 heterocycles. The summed E-state index contributed by atoms with van der Waals surface area (Å²) in [4.78, 5) is 30.2. The number of carbonyl (C=O) groups is 1. The van der Waals surface area contributed by atoms with Crippen LogP contribution < -0.4 is 16.4 Å². The highest BCUT2D eigenvalue weighted by atomic mass is 16.1. The summed E-state index contributed by atoms with van der Waals surface area (Å²) in [7, 11) is 0. The maximum absolute atomic E-state index is 13.1. The number of nitrogens with one attached hydrogen (secondary N) is 2. The Hall–Kier alpha value is -2.96. The highest BCUT2D eigenvalue weighted by Gasteiger charge is 2.19. The van der Waals surface area contributed by atoms with Gasteiger partial charge in [0.15, 0.2) is 0 Å². The molecule has 0 spiro atoms.